The minimum atomic E-state index is -0.0268. The smallest absolute Gasteiger partial charge is 0.142 e. The maximum Gasteiger partial charge on any atom is 0.142 e. The Morgan fingerprint density at radius 2 is 2.11 bits per heavy atom. The van der Waals surface area contributed by atoms with Crippen LogP contribution in [0.1, 0.15) is 18.4 Å². The van der Waals surface area contributed by atoms with E-state index < -0.39 is 0 Å². The average Bonchev–Trinajstić information content (AvgIpc) is 2.88. The molecule has 0 saturated heterocycles. The summed E-state index contributed by atoms with van der Waals surface area (Å²) in [5.41, 5.74) is 2.02. The maximum absolute atomic E-state index is 11.8. The maximum atomic E-state index is 11.8. The van der Waals surface area contributed by atoms with Gasteiger partial charge in [0, 0.05) is 24.5 Å². The molecule has 0 aliphatic carbocycles. The summed E-state index contributed by atoms with van der Waals surface area (Å²) in [5.74, 6) is 0.170. The zero-order valence-electron chi connectivity index (χ0n) is 11.1. The van der Waals surface area contributed by atoms with Gasteiger partial charge in [-0.15, -0.1) is 11.3 Å². The van der Waals surface area contributed by atoms with E-state index in [2.05, 4.69) is 4.98 Å². The van der Waals surface area contributed by atoms with Crippen molar-refractivity contribution in [1.82, 2.24) is 4.98 Å². The Balaban J connectivity index is 2.00. The number of hydrogen-bond donors (Lipinski definition) is 0. The molecule has 0 bridgehead atoms. The van der Waals surface area contributed by atoms with Crippen molar-refractivity contribution in [3.8, 4) is 11.3 Å². The molecule has 1 atom stereocenters. The number of benzene rings is 1. The summed E-state index contributed by atoms with van der Waals surface area (Å²) < 4.78 is 5.10. The van der Waals surface area contributed by atoms with Crippen LogP contribution in [-0.2, 0) is 16.0 Å². The van der Waals surface area contributed by atoms with E-state index in [1.807, 2.05) is 42.6 Å². The first-order valence-electron chi connectivity index (χ1n) is 6.23. The highest BCUT2D eigenvalue weighted by molar-refractivity contribution is 7.10. The first-order chi connectivity index (χ1) is 9.19. The van der Waals surface area contributed by atoms with Crippen molar-refractivity contribution in [3.63, 3.8) is 0 Å². The van der Waals surface area contributed by atoms with E-state index in [1.54, 1.807) is 7.11 Å². The van der Waals surface area contributed by atoms with Crippen molar-refractivity contribution in [2.45, 2.75) is 25.9 Å². The highest BCUT2D eigenvalue weighted by Crippen LogP contribution is 2.22. The molecule has 0 spiro atoms. The summed E-state index contributed by atoms with van der Waals surface area (Å²) >= 11 is 1.53. The molecular formula is C15H17NO2S. The van der Waals surface area contributed by atoms with Gasteiger partial charge < -0.3 is 4.74 Å². The van der Waals surface area contributed by atoms with Gasteiger partial charge in [0.1, 0.15) is 10.8 Å². The van der Waals surface area contributed by atoms with E-state index in [0.717, 1.165) is 16.3 Å². The van der Waals surface area contributed by atoms with Crippen molar-refractivity contribution in [2.75, 3.05) is 7.11 Å². The molecule has 0 aliphatic heterocycles. The summed E-state index contributed by atoms with van der Waals surface area (Å²) in [7, 11) is 1.62. The molecule has 2 aromatic rings. The highest BCUT2D eigenvalue weighted by Gasteiger charge is 2.12. The van der Waals surface area contributed by atoms with E-state index in [4.69, 9.17) is 4.74 Å². The first-order valence-corrected chi connectivity index (χ1v) is 7.11. The van der Waals surface area contributed by atoms with Gasteiger partial charge in [-0.2, -0.15) is 0 Å². The van der Waals surface area contributed by atoms with E-state index in [-0.39, 0.29) is 11.9 Å². The monoisotopic (exact) mass is 275 g/mol. The number of rotatable bonds is 6. The average molecular weight is 275 g/mol. The molecule has 1 unspecified atom stereocenters. The van der Waals surface area contributed by atoms with Crippen LogP contribution >= 0.6 is 11.3 Å². The van der Waals surface area contributed by atoms with Gasteiger partial charge in [0.2, 0.25) is 0 Å². The van der Waals surface area contributed by atoms with Crippen molar-refractivity contribution in [1.29, 1.82) is 0 Å². The van der Waals surface area contributed by atoms with Crippen molar-refractivity contribution >= 4 is 17.1 Å². The molecule has 4 heteroatoms. The molecule has 19 heavy (non-hydrogen) atoms. The number of Topliss-reactive ketones (excluding diaryl/α,β-unsaturated/α-hetero) is 1. The number of hydrogen-bond acceptors (Lipinski definition) is 4. The lowest BCUT2D eigenvalue weighted by atomic mass is 10.1. The van der Waals surface area contributed by atoms with Crippen LogP contribution in [0.2, 0.25) is 0 Å². The molecule has 1 aromatic carbocycles. The first kappa shape index (κ1) is 13.9. The Morgan fingerprint density at radius 1 is 1.37 bits per heavy atom. The third-order valence-corrected chi connectivity index (χ3v) is 3.74. The molecule has 0 fully saturated rings. The van der Waals surface area contributed by atoms with Gasteiger partial charge in [-0.1, -0.05) is 30.3 Å². The van der Waals surface area contributed by atoms with Gasteiger partial charge >= 0.3 is 0 Å². The quantitative estimate of drug-likeness (QED) is 0.811. The van der Waals surface area contributed by atoms with Gasteiger partial charge in [0.05, 0.1) is 18.2 Å². The summed E-state index contributed by atoms with van der Waals surface area (Å²) in [4.78, 5) is 16.3. The van der Waals surface area contributed by atoms with Crippen LogP contribution in [0.5, 0.6) is 0 Å². The molecule has 2 rings (SSSR count). The molecule has 100 valence electrons. The summed E-state index contributed by atoms with van der Waals surface area (Å²) in [6.07, 6.45) is 0.808. The van der Waals surface area contributed by atoms with Crippen LogP contribution in [0.15, 0.2) is 35.7 Å². The molecular weight excluding hydrogens is 258 g/mol. The fourth-order valence-electron chi connectivity index (χ4n) is 1.78. The van der Waals surface area contributed by atoms with Gasteiger partial charge in [0.25, 0.3) is 0 Å². The topological polar surface area (TPSA) is 39.2 Å². The molecule has 0 radical (unpaired) electrons. The van der Waals surface area contributed by atoms with E-state index >= 15 is 0 Å². The van der Waals surface area contributed by atoms with Gasteiger partial charge in [0.15, 0.2) is 0 Å². The second kappa shape index (κ2) is 6.59. The van der Waals surface area contributed by atoms with Crippen molar-refractivity contribution < 1.29 is 9.53 Å². The predicted octanol–water partition coefficient (Wildman–Crippen LogP) is 3.35. The summed E-state index contributed by atoms with van der Waals surface area (Å²) in [5, 5.41) is 2.87. The number of thiazole rings is 1. The van der Waals surface area contributed by atoms with Crippen LogP contribution < -0.4 is 0 Å². The van der Waals surface area contributed by atoms with Gasteiger partial charge in [-0.05, 0) is 6.92 Å². The number of ketones is 1. The molecule has 1 heterocycles. The fraction of sp³-hybridized carbons (Fsp3) is 0.333. The Hall–Kier alpha value is -1.52. The molecule has 0 aliphatic rings. The lowest BCUT2D eigenvalue weighted by Crippen LogP contribution is -2.13. The van der Waals surface area contributed by atoms with E-state index in [9.17, 15) is 4.79 Å². The lowest BCUT2D eigenvalue weighted by Gasteiger charge is -2.06. The number of nitrogens with zero attached hydrogens (tertiary/aromatic N) is 1. The standard InChI is InChI=1S/C15H17NO2S/c1-11(18-2)8-13(17)9-15-16-14(10-19-15)12-6-4-3-5-7-12/h3-7,10-11H,8-9H2,1-2H3. The zero-order valence-corrected chi connectivity index (χ0v) is 11.9. The van der Waals surface area contributed by atoms with Gasteiger partial charge in [-0.3, -0.25) is 4.79 Å². The Labute approximate surface area is 117 Å². The molecule has 3 nitrogen and oxygen atoms in total. The van der Waals surface area contributed by atoms with Crippen LogP contribution in [0, 0.1) is 0 Å². The van der Waals surface area contributed by atoms with Crippen LogP contribution in [0.25, 0.3) is 11.3 Å². The Bertz CT molecular complexity index is 536. The third kappa shape index (κ3) is 3.98. The Morgan fingerprint density at radius 3 is 2.79 bits per heavy atom. The zero-order chi connectivity index (χ0) is 13.7. The predicted molar refractivity (Wildman–Crippen MR) is 77.3 cm³/mol. The molecule has 1 aromatic heterocycles. The van der Waals surface area contributed by atoms with Crippen molar-refractivity contribution in [3.05, 3.63) is 40.7 Å². The van der Waals surface area contributed by atoms with Gasteiger partial charge in [-0.25, -0.2) is 4.98 Å². The minimum Gasteiger partial charge on any atom is -0.381 e. The number of aromatic nitrogens is 1. The second-order valence-corrected chi connectivity index (χ2v) is 5.40. The summed E-state index contributed by atoms with van der Waals surface area (Å²) in [6.45, 7) is 1.90. The molecule has 0 saturated carbocycles. The van der Waals surface area contributed by atoms with Crippen LogP contribution in [-0.4, -0.2) is 24.0 Å². The third-order valence-electron chi connectivity index (χ3n) is 2.89. The lowest BCUT2D eigenvalue weighted by molar-refractivity contribution is -0.120. The molecule has 0 N–H and O–H groups in total. The van der Waals surface area contributed by atoms with E-state index in [0.29, 0.717) is 12.8 Å². The number of methoxy groups -OCH3 is 1. The second-order valence-electron chi connectivity index (χ2n) is 4.46. The van der Waals surface area contributed by atoms with Crippen molar-refractivity contribution in [2.24, 2.45) is 0 Å². The minimum absolute atomic E-state index is 0.0268. The Kier molecular flexibility index (Phi) is 4.82. The number of ether oxygens (including phenoxy) is 1. The van der Waals surface area contributed by atoms with Crippen LogP contribution in [0.4, 0.5) is 0 Å². The van der Waals surface area contributed by atoms with E-state index in [1.165, 1.54) is 11.3 Å². The van der Waals surface area contributed by atoms with Crippen LogP contribution in [0.3, 0.4) is 0 Å². The SMILES string of the molecule is COC(C)CC(=O)Cc1nc(-c2ccccc2)cs1. The molecule has 0 amide bonds. The number of carbonyl (C=O) groups is 1. The largest absolute Gasteiger partial charge is 0.381 e. The highest BCUT2D eigenvalue weighted by atomic mass is 32.1. The fourth-order valence-corrected chi connectivity index (χ4v) is 2.61. The normalized spacial score (nSPS) is 12.3. The summed E-state index contributed by atoms with van der Waals surface area (Å²) in [6, 6.07) is 9.99. The number of carbonyl (C=O) groups excluding carboxylic acids is 1.